The number of thiocarbonyl (C=S) groups is 1. The molecule has 2 rings (SSSR count). The van der Waals surface area contributed by atoms with Crippen LogP contribution in [0.2, 0.25) is 0 Å². The summed E-state index contributed by atoms with van der Waals surface area (Å²) in [6, 6.07) is 5.48. The minimum absolute atomic E-state index is 0.314. The largest absolute Gasteiger partial charge is 0.481 e. The summed E-state index contributed by atoms with van der Waals surface area (Å²) in [6.45, 7) is 1.94. The summed E-state index contributed by atoms with van der Waals surface area (Å²) in [7, 11) is 1.57. The quantitative estimate of drug-likeness (QED) is 0.832. The molecule has 2 aromatic rings. The first-order valence-corrected chi connectivity index (χ1v) is 6.05. The molecule has 2 heterocycles. The van der Waals surface area contributed by atoms with Gasteiger partial charge in [-0.1, -0.05) is 12.2 Å². The van der Waals surface area contributed by atoms with Crippen molar-refractivity contribution in [2.75, 3.05) is 12.4 Å². The highest BCUT2D eigenvalue weighted by atomic mass is 32.1. The van der Waals surface area contributed by atoms with E-state index in [1.54, 1.807) is 25.6 Å². The Bertz CT molecular complexity index is 598. The molecule has 0 spiro atoms. The van der Waals surface area contributed by atoms with Crippen molar-refractivity contribution in [1.29, 1.82) is 0 Å². The van der Waals surface area contributed by atoms with Crippen LogP contribution in [0.3, 0.4) is 0 Å². The lowest BCUT2D eigenvalue weighted by atomic mass is 10.1. The van der Waals surface area contributed by atoms with E-state index in [0.29, 0.717) is 16.7 Å². The van der Waals surface area contributed by atoms with Gasteiger partial charge in [-0.05, 0) is 24.6 Å². The molecule has 0 amide bonds. The lowest BCUT2D eigenvalue weighted by molar-refractivity contribution is 0.398. The Morgan fingerprint density at radius 1 is 1.32 bits per heavy atom. The first kappa shape index (κ1) is 13.2. The van der Waals surface area contributed by atoms with Crippen LogP contribution in [0, 0.1) is 6.92 Å². The van der Waals surface area contributed by atoms with Crippen molar-refractivity contribution in [3.05, 3.63) is 41.7 Å². The molecule has 0 bridgehead atoms. The fourth-order valence-electron chi connectivity index (χ4n) is 1.68. The fraction of sp³-hybridized carbons (Fsp3) is 0.154. The summed E-state index contributed by atoms with van der Waals surface area (Å²) >= 11 is 5.05. The van der Waals surface area contributed by atoms with Gasteiger partial charge in [0.15, 0.2) is 0 Å². The number of aromatic nitrogens is 2. The summed E-state index contributed by atoms with van der Waals surface area (Å²) in [4.78, 5) is 8.69. The van der Waals surface area contributed by atoms with Gasteiger partial charge in [0.25, 0.3) is 0 Å². The lowest BCUT2D eigenvalue weighted by Crippen LogP contribution is -2.14. The van der Waals surface area contributed by atoms with Gasteiger partial charge in [0.05, 0.1) is 24.6 Å². The summed E-state index contributed by atoms with van der Waals surface area (Å²) < 4.78 is 5.01. The second kappa shape index (κ2) is 5.62. The number of pyridine rings is 2. The van der Waals surface area contributed by atoms with Crippen molar-refractivity contribution in [3.8, 4) is 5.88 Å². The van der Waals surface area contributed by atoms with Crippen LogP contribution in [0.5, 0.6) is 5.88 Å². The molecule has 2 aromatic heterocycles. The first-order valence-electron chi connectivity index (χ1n) is 5.64. The molecular formula is C13H14N4OS. The van der Waals surface area contributed by atoms with E-state index in [-0.39, 0.29) is 0 Å². The van der Waals surface area contributed by atoms with Crippen molar-refractivity contribution >= 4 is 28.7 Å². The van der Waals surface area contributed by atoms with E-state index in [2.05, 4.69) is 15.3 Å². The Balaban J connectivity index is 2.32. The van der Waals surface area contributed by atoms with Gasteiger partial charge in [-0.3, -0.25) is 0 Å². The third-order valence-corrected chi connectivity index (χ3v) is 2.82. The zero-order valence-electron chi connectivity index (χ0n) is 10.7. The summed E-state index contributed by atoms with van der Waals surface area (Å²) in [5.74, 6) is 1.18. The van der Waals surface area contributed by atoms with Gasteiger partial charge in [-0.25, -0.2) is 9.97 Å². The number of aryl methyl sites for hydroxylation is 1. The van der Waals surface area contributed by atoms with Crippen LogP contribution < -0.4 is 15.8 Å². The highest BCUT2D eigenvalue weighted by molar-refractivity contribution is 7.80. The van der Waals surface area contributed by atoms with E-state index in [0.717, 1.165) is 16.8 Å². The Kier molecular flexibility index (Phi) is 3.91. The predicted octanol–water partition coefficient (Wildman–Crippen LogP) is 2.17. The molecule has 19 heavy (non-hydrogen) atoms. The molecule has 98 valence electrons. The van der Waals surface area contributed by atoms with Gasteiger partial charge >= 0.3 is 0 Å². The van der Waals surface area contributed by atoms with Crippen molar-refractivity contribution < 1.29 is 4.74 Å². The predicted molar refractivity (Wildman–Crippen MR) is 78.9 cm³/mol. The Morgan fingerprint density at radius 3 is 2.68 bits per heavy atom. The van der Waals surface area contributed by atoms with E-state index in [1.165, 1.54) is 0 Å². The number of rotatable bonds is 4. The third kappa shape index (κ3) is 2.97. The van der Waals surface area contributed by atoms with Crippen LogP contribution in [0.4, 0.5) is 11.5 Å². The molecule has 0 saturated carbocycles. The molecule has 6 heteroatoms. The Hall–Kier alpha value is -2.21. The minimum atomic E-state index is 0.314. The van der Waals surface area contributed by atoms with Crippen molar-refractivity contribution in [1.82, 2.24) is 9.97 Å². The first-order chi connectivity index (χ1) is 9.11. The maximum atomic E-state index is 5.73. The highest BCUT2D eigenvalue weighted by Crippen LogP contribution is 2.21. The molecule has 0 saturated heterocycles. The summed E-state index contributed by atoms with van der Waals surface area (Å²) in [6.07, 6.45) is 3.36. The average Bonchev–Trinajstić information content (AvgIpc) is 2.39. The molecule has 0 aromatic carbocycles. The van der Waals surface area contributed by atoms with E-state index >= 15 is 0 Å². The standard InChI is InChI=1S/C13H14N4OS/c1-8-5-6-15-13(11(8)12(14)19)17-9-3-4-10(18-2)16-7-9/h3-7H,1-2H3,(H2,14,19)(H,15,17). The number of nitrogens with one attached hydrogen (secondary N) is 1. The number of methoxy groups -OCH3 is 1. The maximum Gasteiger partial charge on any atom is 0.213 e. The van der Waals surface area contributed by atoms with Gasteiger partial charge in [-0.2, -0.15) is 0 Å². The van der Waals surface area contributed by atoms with E-state index in [9.17, 15) is 0 Å². The highest BCUT2D eigenvalue weighted by Gasteiger charge is 2.10. The topological polar surface area (TPSA) is 73.1 Å². The smallest absolute Gasteiger partial charge is 0.213 e. The second-order valence-electron chi connectivity index (χ2n) is 3.93. The minimum Gasteiger partial charge on any atom is -0.481 e. The average molecular weight is 274 g/mol. The monoisotopic (exact) mass is 274 g/mol. The SMILES string of the molecule is COc1ccc(Nc2nccc(C)c2C(N)=S)cn1. The normalized spacial score (nSPS) is 10.0. The number of hydrogen-bond donors (Lipinski definition) is 2. The molecule has 0 aliphatic heterocycles. The van der Waals surface area contributed by atoms with E-state index in [1.807, 2.05) is 19.1 Å². The van der Waals surface area contributed by atoms with Gasteiger partial charge < -0.3 is 15.8 Å². The van der Waals surface area contributed by atoms with Gasteiger partial charge in [0, 0.05) is 12.3 Å². The zero-order valence-corrected chi connectivity index (χ0v) is 11.5. The molecule has 3 N–H and O–H groups in total. The van der Waals surface area contributed by atoms with E-state index < -0.39 is 0 Å². The molecule has 0 unspecified atom stereocenters. The molecular weight excluding hydrogens is 260 g/mol. The van der Waals surface area contributed by atoms with Gasteiger partial charge in [-0.15, -0.1) is 0 Å². The van der Waals surface area contributed by atoms with Crippen molar-refractivity contribution in [2.45, 2.75) is 6.92 Å². The number of nitrogens with zero attached hydrogens (tertiary/aromatic N) is 2. The van der Waals surface area contributed by atoms with Crippen molar-refractivity contribution in [3.63, 3.8) is 0 Å². The summed E-state index contributed by atoms with van der Waals surface area (Å²) in [5, 5.41) is 3.15. The molecule has 0 aliphatic rings. The Morgan fingerprint density at radius 2 is 2.11 bits per heavy atom. The van der Waals surface area contributed by atoms with Crippen LogP contribution in [-0.4, -0.2) is 22.1 Å². The fourth-order valence-corrected chi connectivity index (χ4v) is 1.93. The molecule has 0 atom stereocenters. The van der Waals surface area contributed by atoms with Crippen molar-refractivity contribution in [2.24, 2.45) is 5.73 Å². The number of hydrogen-bond acceptors (Lipinski definition) is 5. The molecule has 0 fully saturated rings. The molecule has 0 radical (unpaired) electrons. The van der Waals surface area contributed by atoms with Crippen LogP contribution in [0.1, 0.15) is 11.1 Å². The van der Waals surface area contributed by atoms with E-state index in [4.69, 9.17) is 22.7 Å². The van der Waals surface area contributed by atoms with Crippen LogP contribution >= 0.6 is 12.2 Å². The van der Waals surface area contributed by atoms with Gasteiger partial charge in [0.1, 0.15) is 10.8 Å². The number of nitrogens with two attached hydrogens (primary N) is 1. The second-order valence-corrected chi connectivity index (χ2v) is 4.37. The lowest BCUT2D eigenvalue weighted by Gasteiger charge is -2.12. The van der Waals surface area contributed by atoms with Crippen LogP contribution in [0.25, 0.3) is 0 Å². The number of ether oxygens (including phenoxy) is 1. The third-order valence-electron chi connectivity index (χ3n) is 2.61. The van der Waals surface area contributed by atoms with Crippen LogP contribution in [-0.2, 0) is 0 Å². The zero-order chi connectivity index (χ0) is 13.8. The molecule has 5 nitrogen and oxygen atoms in total. The summed E-state index contributed by atoms with van der Waals surface area (Å²) in [5.41, 5.74) is 8.24. The Labute approximate surface area is 116 Å². The molecule has 0 aliphatic carbocycles. The number of anilines is 2. The van der Waals surface area contributed by atoms with Crippen LogP contribution in [0.15, 0.2) is 30.6 Å². The van der Waals surface area contributed by atoms with Gasteiger partial charge in [0.2, 0.25) is 5.88 Å². The maximum absolute atomic E-state index is 5.73.